The van der Waals surface area contributed by atoms with Crippen LogP contribution >= 0.6 is 11.6 Å². The van der Waals surface area contributed by atoms with Gasteiger partial charge in [0.25, 0.3) is 0 Å². The molecule has 6 nitrogen and oxygen atoms in total. The van der Waals surface area contributed by atoms with E-state index in [1.54, 1.807) is 36.4 Å². The molecular formula is C23H20ClN3O3. The smallest absolute Gasteiger partial charge is 0.329 e. The summed E-state index contributed by atoms with van der Waals surface area (Å²) in [4.78, 5) is 23.7. The quantitative estimate of drug-likeness (QED) is 0.353. The number of anilines is 1. The van der Waals surface area contributed by atoms with E-state index in [0.29, 0.717) is 23.1 Å². The summed E-state index contributed by atoms with van der Waals surface area (Å²) in [6.07, 6.45) is 1.44. The minimum absolute atomic E-state index is 0.360. The highest BCUT2D eigenvalue weighted by atomic mass is 35.5. The van der Waals surface area contributed by atoms with Crippen molar-refractivity contribution in [1.82, 2.24) is 5.43 Å². The topological polar surface area (TPSA) is 79.8 Å². The Hall–Kier alpha value is -3.64. The Labute approximate surface area is 179 Å². The maximum Gasteiger partial charge on any atom is 0.329 e. The second-order valence-electron chi connectivity index (χ2n) is 6.47. The first-order valence-corrected chi connectivity index (χ1v) is 9.56. The second kappa shape index (κ2) is 10.2. The molecule has 3 rings (SSSR count). The number of amides is 2. The van der Waals surface area contributed by atoms with Gasteiger partial charge in [0.05, 0.1) is 6.21 Å². The lowest BCUT2D eigenvalue weighted by atomic mass is 10.2. The molecule has 0 spiro atoms. The Balaban J connectivity index is 1.47. The molecular weight excluding hydrogens is 402 g/mol. The molecule has 152 valence electrons. The number of ether oxygens (including phenoxy) is 1. The molecule has 0 radical (unpaired) electrons. The van der Waals surface area contributed by atoms with Crippen LogP contribution in [0.4, 0.5) is 5.69 Å². The zero-order valence-electron chi connectivity index (χ0n) is 16.3. The maximum atomic E-state index is 11.9. The van der Waals surface area contributed by atoms with Gasteiger partial charge in [0, 0.05) is 16.3 Å². The van der Waals surface area contributed by atoms with Crippen LogP contribution in [0.3, 0.4) is 0 Å². The average molecular weight is 422 g/mol. The molecule has 7 heteroatoms. The lowest BCUT2D eigenvalue weighted by molar-refractivity contribution is -0.136. The van der Waals surface area contributed by atoms with E-state index in [9.17, 15) is 9.59 Å². The molecule has 0 bridgehead atoms. The van der Waals surface area contributed by atoms with E-state index in [1.807, 2.05) is 43.3 Å². The molecule has 30 heavy (non-hydrogen) atoms. The highest BCUT2D eigenvalue weighted by molar-refractivity contribution is 6.39. The number of aryl methyl sites for hydroxylation is 1. The first-order chi connectivity index (χ1) is 14.5. The van der Waals surface area contributed by atoms with Crippen molar-refractivity contribution >= 4 is 35.3 Å². The Morgan fingerprint density at radius 1 is 0.967 bits per heavy atom. The Bertz CT molecular complexity index is 1050. The van der Waals surface area contributed by atoms with E-state index in [0.717, 1.165) is 16.7 Å². The van der Waals surface area contributed by atoms with Crippen molar-refractivity contribution in [3.63, 3.8) is 0 Å². The van der Waals surface area contributed by atoms with Crippen LogP contribution in [0.1, 0.15) is 16.7 Å². The predicted molar refractivity (Wildman–Crippen MR) is 118 cm³/mol. The summed E-state index contributed by atoms with van der Waals surface area (Å²) < 4.78 is 5.71. The lowest BCUT2D eigenvalue weighted by Crippen LogP contribution is -2.32. The summed E-state index contributed by atoms with van der Waals surface area (Å²) >= 11 is 6.11. The fraction of sp³-hybridized carbons (Fsp3) is 0.0870. The minimum atomic E-state index is -0.855. The SMILES string of the molecule is Cc1ccc(NC(=O)C(=O)N/N=C/c2ccc(OCc3ccccc3Cl)cc2)cc1. The van der Waals surface area contributed by atoms with Gasteiger partial charge in [-0.1, -0.05) is 47.5 Å². The molecule has 0 aliphatic heterocycles. The number of halogens is 1. The number of hydrogen-bond acceptors (Lipinski definition) is 4. The van der Waals surface area contributed by atoms with Crippen LogP contribution in [-0.2, 0) is 16.2 Å². The maximum absolute atomic E-state index is 11.9. The van der Waals surface area contributed by atoms with E-state index < -0.39 is 11.8 Å². The van der Waals surface area contributed by atoms with Gasteiger partial charge in [0.15, 0.2) is 0 Å². The van der Waals surface area contributed by atoms with E-state index in [1.165, 1.54) is 6.21 Å². The number of nitrogens with one attached hydrogen (secondary N) is 2. The molecule has 0 atom stereocenters. The summed E-state index contributed by atoms with van der Waals surface area (Å²) in [7, 11) is 0. The molecule has 3 aromatic carbocycles. The summed E-state index contributed by atoms with van der Waals surface area (Å²) in [5.74, 6) is -0.973. The third-order valence-electron chi connectivity index (χ3n) is 4.13. The van der Waals surface area contributed by atoms with Gasteiger partial charge < -0.3 is 10.1 Å². The Morgan fingerprint density at radius 3 is 2.37 bits per heavy atom. The van der Waals surface area contributed by atoms with Gasteiger partial charge in [-0.25, -0.2) is 5.43 Å². The van der Waals surface area contributed by atoms with Crippen LogP contribution in [0.25, 0.3) is 0 Å². The van der Waals surface area contributed by atoms with Crippen molar-refractivity contribution in [2.45, 2.75) is 13.5 Å². The first-order valence-electron chi connectivity index (χ1n) is 9.18. The molecule has 0 aromatic heterocycles. The zero-order chi connectivity index (χ0) is 21.3. The molecule has 0 aliphatic carbocycles. The molecule has 0 saturated carbocycles. The van der Waals surface area contributed by atoms with Gasteiger partial charge in [0.2, 0.25) is 0 Å². The van der Waals surface area contributed by atoms with Crippen LogP contribution < -0.4 is 15.5 Å². The number of hydrazone groups is 1. The molecule has 0 unspecified atom stereocenters. The Kier molecular flexibility index (Phi) is 7.19. The minimum Gasteiger partial charge on any atom is -0.489 e. The third kappa shape index (κ3) is 6.18. The van der Waals surface area contributed by atoms with E-state index in [-0.39, 0.29) is 0 Å². The van der Waals surface area contributed by atoms with Crippen LogP contribution in [0.15, 0.2) is 77.9 Å². The normalized spacial score (nSPS) is 10.6. The fourth-order valence-electron chi connectivity index (χ4n) is 2.47. The lowest BCUT2D eigenvalue weighted by Gasteiger charge is -2.07. The summed E-state index contributed by atoms with van der Waals surface area (Å²) in [6, 6.07) is 21.7. The van der Waals surface area contributed by atoms with Crippen molar-refractivity contribution in [3.05, 3.63) is 94.5 Å². The number of benzene rings is 3. The average Bonchev–Trinajstić information content (AvgIpc) is 2.75. The van der Waals surface area contributed by atoms with Gasteiger partial charge in [0.1, 0.15) is 12.4 Å². The van der Waals surface area contributed by atoms with Crippen LogP contribution in [0.5, 0.6) is 5.75 Å². The van der Waals surface area contributed by atoms with E-state index >= 15 is 0 Å². The highest BCUT2D eigenvalue weighted by Gasteiger charge is 2.12. The predicted octanol–water partition coefficient (Wildman–Crippen LogP) is 4.32. The molecule has 0 fully saturated rings. The van der Waals surface area contributed by atoms with Crippen LogP contribution in [0, 0.1) is 6.92 Å². The third-order valence-corrected chi connectivity index (χ3v) is 4.50. The largest absolute Gasteiger partial charge is 0.489 e. The summed E-state index contributed by atoms with van der Waals surface area (Å²) in [5, 5.41) is 6.97. The number of rotatable bonds is 6. The van der Waals surface area contributed by atoms with Gasteiger partial charge >= 0.3 is 11.8 Å². The van der Waals surface area contributed by atoms with Gasteiger partial charge in [-0.05, 0) is 55.0 Å². The first kappa shape index (κ1) is 21.1. The second-order valence-corrected chi connectivity index (χ2v) is 6.88. The van der Waals surface area contributed by atoms with Gasteiger partial charge in [-0.15, -0.1) is 0 Å². The number of carbonyl (C=O) groups is 2. The zero-order valence-corrected chi connectivity index (χ0v) is 17.0. The van der Waals surface area contributed by atoms with E-state index in [2.05, 4.69) is 15.8 Å². The monoisotopic (exact) mass is 421 g/mol. The summed E-state index contributed by atoms with van der Waals surface area (Å²) in [6.45, 7) is 2.30. The van der Waals surface area contributed by atoms with Gasteiger partial charge in [-0.2, -0.15) is 5.10 Å². The Morgan fingerprint density at radius 2 is 1.67 bits per heavy atom. The standard InChI is InChI=1S/C23H20ClN3O3/c1-16-6-10-19(11-7-16)26-22(28)23(29)27-25-14-17-8-12-20(13-9-17)30-15-18-4-2-3-5-21(18)24/h2-14H,15H2,1H3,(H,26,28)(H,27,29)/b25-14+. The summed E-state index contributed by atoms with van der Waals surface area (Å²) in [5.41, 5.74) is 5.43. The van der Waals surface area contributed by atoms with E-state index in [4.69, 9.17) is 16.3 Å². The number of hydrogen-bond donors (Lipinski definition) is 2. The molecule has 3 aromatic rings. The fourth-order valence-corrected chi connectivity index (χ4v) is 2.66. The molecule has 2 N–H and O–H groups in total. The molecule has 0 heterocycles. The molecule has 2 amide bonds. The van der Waals surface area contributed by atoms with Crippen LogP contribution in [0.2, 0.25) is 5.02 Å². The van der Waals surface area contributed by atoms with Crippen molar-refractivity contribution in [2.24, 2.45) is 5.10 Å². The van der Waals surface area contributed by atoms with Crippen molar-refractivity contribution in [3.8, 4) is 5.75 Å². The van der Waals surface area contributed by atoms with Crippen LogP contribution in [-0.4, -0.2) is 18.0 Å². The van der Waals surface area contributed by atoms with Crippen molar-refractivity contribution in [2.75, 3.05) is 5.32 Å². The van der Waals surface area contributed by atoms with Crippen molar-refractivity contribution in [1.29, 1.82) is 0 Å². The highest BCUT2D eigenvalue weighted by Crippen LogP contribution is 2.18. The number of carbonyl (C=O) groups excluding carboxylic acids is 2. The van der Waals surface area contributed by atoms with Gasteiger partial charge in [-0.3, -0.25) is 9.59 Å². The number of nitrogens with zero attached hydrogens (tertiary/aromatic N) is 1. The molecule has 0 aliphatic rings. The van der Waals surface area contributed by atoms with Crippen molar-refractivity contribution < 1.29 is 14.3 Å². The molecule has 0 saturated heterocycles.